The van der Waals surface area contributed by atoms with E-state index in [4.69, 9.17) is 11.6 Å². The van der Waals surface area contributed by atoms with Crippen molar-refractivity contribution < 1.29 is 8.42 Å². The van der Waals surface area contributed by atoms with Gasteiger partial charge < -0.3 is 4.90 Å². The molecule has 0 saturated carbocycles. The van der Waals surface area contributed by atoms with Gasteiger partial charge >= 0.3 is 0 Å². The van der Waals surface area contributed by atoms with Gasteiger partial charge in [-0.2, -0.15) is 9.40 Å². The predicted octanol–water partition coefficient (Wildman–Crippen LogP) is 0.863. The number of H-pyrrole nitrogens is 1. The zero-order chi connectivity index (χ0) is 14.0. The van der Waals surface area contributed by atoms with Crippen molar-refractivity contribution in [2.75, 3.05) is 27.2 Å². The van der Waals surface area contributed by atoms with Crippen molar-refractivity contribution in [2.24, 2.45) is 0 Å². The first-order valence-electron chi connectivity index (χ1n) is 6.21. The first kappa shape index (κ1) is 14.8. The summed E-state index contributed by atoms with van der Waals surface area (Å²) in [4.78, 5) is 2.15. The Hall–Kier alpha value is -0.630. The minimum absolute atomic E-state index is 0.00442. The molecule has 1 N–H and O–H groups in total. The number of aromatic amines is 1. The molecule has 1 aromatic rings. The average molecular weight is 307 g/mol. The van der Waals surface area contributed by atoms with E-state index in [0.717, 1.165) is 25.9 Å². The molecule has 0 aliphatic carbocycles. The number of aromatic nitrogens is 2. The summed E-state index contributed by atoms with van der Waals surface area (Å²) < 4.78 is 26.5. The summed E-state index contributed by atoms with van der Waals surface area (Å²) in [5, 5.41) is 6.44. The third-order valence-electron chi connectivity index (χ3n) is 3.57. The summed E-state index contributed by atoms with van der Waals surface area (Å²) in [7, 11) is 0.0727. The van der Waals surface area contributed by atoms with E-state index in [1.807, 2.05) is 7.05 Å². The van der Waals surface area contributed by atoms with Gasteiger partial charge in [0.1, 0.15) is 0 Å². The number of rotatable bonds is 4. The van der Waals surface area contributed by atoms with Crippen LogP contribution in [0.2, 0.25) is 0 Å². The van der Waals surface area contributed by atoms with Crippen LogP contribution in [0.4, 0.5) is 0 Å². The topological polar surface area (TPSA) is 69.3 Å². The van der Waals surface area contributed by atoms with Gasteiger partial charge in [-0.05, 0) is 26.4 Å². The number of alkyl halides is 1. The molecule has 1 fully saturated rings. The van der Waals surface area contributed by atoms with E-state index < -0.39 is 10.0 Å². The third-order valence-corrected chi connectivity index (χ3v) is 5.79. The lowest BCUT2D eigenvalue weighted by Crippen LogP contribution is -2.47. The molecule has 1 saturated heterocycles. The van der Waals surface area contributed by atoms with Gasteiger partial charge in [-0.1, -0.05) is 0 Å². The largest absolute Gasteiger partial charge is 0.305 e. The Morgan fingerprint density at radius 2 is 2.37 bits per heavy atom. The van der Waals surface area contributed by atoms with Crippen LogP contribution in [0, 0.1) is 0 Å². The number of nitrogens with zero attached hydrogens (tertiary/aromatic N) is 3. The maximum atomic E-state index is 12.6. The molecular formula is C11H19ClN4O2S. The lowest BCUT2D eigenvalue weighted by atomic mass is 10.1. The zero-order valence-corrected chi connectivity index (χ0v) is 12.7. The molecule has 1 unspecified atom stereocenters. The van der Waals surface area contributed by atoms with E-state index >= 15 is 0 Å². The molecule has 8 heteroatoms. The maximum absolute atomic E-state index is 12.6. The van der Waals surface area contributed by atoms with Crippen LogP contribution in [0.1, 0.15) is 18.4 Å². The van der Waals surface area contributed by atoms with Gasteiger partial charge in [0.2, 0.25) is 0 Å². The number of sulfonamides is 1. The smallest absolute Gasteiger partial charge is 0.260 e. The van der Waals surface area contributed by atoms with Crippen molar-refractivity contribution in [3.8, 4) is 0 Å². The van der Waals surface area contributed by atoms with Crippen molar-refractivity contribution in [3.05, 3.63) is 11.8 Å². The SMILES string of the molecule is CN1CCCC(N(C)S(=O)(=O)c2[nH]ncc2CCl)C1. The molecule has 1 aliphatic heterocycles. The van der Waals surface area contributed by atoms with Crippen LogP contribution in [0.3, 0.4) is 0 Å². The zero-order valence-electron chi connectivity index (χ0n) is 11.1. The number of hydrogen-bond donors (Lipinski definition) is 1. The molecule has 0 radical (unpaired) electrons. The van der Waals surface area contributed by atoms with Crippen molar-refractivity contribution in [1.29, 1.82) is 0 Å². The molecule has 19 heavy (non-hydrogen) atoms. The minimum atomic E-state index is -3.56. The number of hydrogen-bond acceptors (Lipinski definition) is 4. The highest BCUT2D eigenvalue weighted by Gasteiger charge is 2.32. The van der Waals surface area contributed by atoms with Crippen molar-refractivity contribution in [3.63, 3.8) is 0 Å². The molecule has 0 spiro atoms. The molecule has 2 heterocycles. The van der Waals surface area contributed by atoms with Gasteiger partial charge in [-0.25, -0.2) is 8.42 Å². The Labute approximate surface area is 118 Å². The summed E-state index contributed by atoms with van der Waals surface area (Å²) in [6.07, 6.45) is 3.34. The number of likely N-dealkylation sites (N-methyl/N-ethyl adjacent to an activating group) is 2. The Balaban J connectivity index is 2.24. The van der Waals surface area contributed by atoms with Crippen LogP contribution in [0.5, 0.6) is 0 Å². The molecule has 0 aromatic carbocycles. The fourth-order valence-electron chi connectivity index (χ4n) is 2.39. The van der Waals surface area contributed by atoms with Gasteiger partial charge in [0.25, 0.3) is 10.0 Å². The third kappa shape index (κ3) is 2.94. The van der Waals surface area contributed by atoms with Gasteiger partial charge in [-0.3, -0.25) is 5.10 Å². The molecular weight excluding hydrogens is 288 g/mol. The Morgan fingerprint density at radius 3 is 3.00 bits per heavy atom. The quantitative estimate of drug-likeness (QED) is 0.838. The van der Waals surface area contributed by atoms with Gasteiger partial charge in [0.05, 0.1) is 12.1 Å². The molecule has 1 atom stereocenters. The molecule has 1 aromatic heterocycles. The van der Waals surface area contributed by atoms with Crippen LogP contribution >= 0.6 is 11.6 Å². The summed E-state index contributed by atoms with van der Waals surface area (Å²) >= 11 is 5.74. The number of halogens is 1. The summed E-state index contributed by atoms with van der Waals surface area (Å²) in [6.45, 7) is 1.77. The lowest BCUT2D eigenvalue weighted by Gasteiger charge is -2.34. The van der Waals surface area contributed by atoms with E-state index in [0.29, 0.717) is 5.56 Å². The summed E-state index contributed by atoms with van der Waals surface area (Å²) in [5.74, 6) is 0.128. The van der Waals surface area contributed by atoms with E-state index in [-0.39, 0.29) is 16.9 Å². The first-order chi connectivity index (χ1) is 8.96. The first-order valence-corrected chi connectivity index (χ1v) is 8.19. The average Bonchev–Trinajstić information content (AvgIpc) is 2.86. The minimum Gasteiger partial charge on any atom is -0.305 e. The van der Waals surface area contributed by atoms with E-state index in [1.54, 1.807) is 7.05 Å². The fraction of sp³-hybridized carbons (Fsp3) is 0.727. The van der Waals surface area contributed by atoms with Crippen LogP contribution in [0.25, 0.3) is 0 Å². The fourth-order valence-corrected chi connectivity index (χ4v) is 4.15. The molecule has 6 nitrogen and oxygen atoms in total. The summed E-state index contributed by atoms with van der Waals surface area (Å²) in [6, 6.07) is -0.00442. The molecule has 108 valence electrons. The highest BCUT2D eigenvalue weighted by molar-refractivity contribution is 7.89. The number of nitrogens with one attached hydrogen (secondary N) is 1. The number of likely N-dealkylation sites (tertiary alicyclic amines) is 1. The summed E-state index contributed by atoms with van der Waals surface area (Å²) in [5.41, 5.74) is 0.512. The Kier molecular flexibility index (Phi) is 4.50. The van der Waals surface area contributed by atoms with E-state index in [2.05, 4.69) is 15.1 Å². The van der Waals surface area contributed by atoms with Gasteiger partial charge in [0.15, 0.2) is 5.03 Å². The highest BCUT2D eigenvalue weighted by Crippen LogP contribution is 2.23. The van der Waals surface area contributed by atoms with Crippen molar-refractivity contribution >= 4 is 21.6 Å². The van der Waals surface area contributed by atoms with E-state index in [1.165, 1.54) is 10.5 Å². The Bertz CT molecular complexity index is 531. The van der Waals surface area contributed by atoms with Crippen LogP contribution < -0.4 is 0 Å². The van der Waals surface area contributed by atoms with Gasteiger partial charge in [-0.15, -0.1) is 11.6 Å². The van der Waals surface area contributed by atoms with Crippen LogP contribution in [0.15, 0.2) is 11.2 Å². The standard InChI is InChI=1S/C11H19ClN4O2S/c1-15-5-3-4-10(8-15)16(2)19(17,18)11-9(6-12)7-13-14-11/h7,10H,3-6,8H2,1-2H3,(H,13,14). The molecule has 0 amide bonds. The predicted molar refractivity (Wildman–Crippen MR) is 73.6 cm³/mol. The van der Waals surface area contributed by atoms with Gasteiger partial charge in [0, 0.05) is 25.2 Å². The lowest BCUT2D eigenvalue weighted by molar-refractivity contribution is 0.187. The maximum Gasteiger partial charge on any atom is 0.260 e. The van der Waals surface area contributed by atoms with E-state index in [9.17, 15) is 8.42 Å². The molecule has 2 rings (SSSR count). The molecule has 1 aliphatic rings. The van der Waals surface area contributed by atoms with Crippen molar-refractivity contribution in [2.45, 2.75) is 29.8 Å². The second kappa shape index (κ2) is 5.78. The Morgan fingerprint density at radius 1 is 1.63 bits per heavy atom. The number of piperidine rings is 1. The second-order valence-electron chi connectivity index (χ2n) is 4.94. The monoisotopic (exact) mass is 306 g/mol. The van der Waals surface area contributed by atoms with Crippen molar-refractivity contribution in [1.82, 2.24) is 19.4 Å². The van der Waals surface area contributed by atoms with Crippen LogP contribution in [-0.4, -0.2) is 61.0 Å². The highest BCUT2D eigenvalue weighted by atomic mass is 35.5. The normalized spacial score (nSPS) is 22.0. The molecule has 0 bridgehead atoms. The second-order valence-corrected chi connectivity index (χ2v) is 7.14. The van der Waals surface area contributed by atoms with Crippen LogP contribution in [-0.2, 0) is 15.9 Å².